The summed E-state index contributed by atoms with van der Waals surface area (Å²) < 4.78 is 10.6. The van der Waals surface area contributed by atoms with Gasteiger partial charge in [-0.15, -0.1) is 0 Å². The smallest absolute Gasteiger partial charge is 0.161 e. The number of morpholine rings is 1. The molecule has 21 heavy (non-hydrogen) atoms. The molecular formula is C15H18N4O2. The van der Waals surface area contributed by atoms with Crippen LogP contribution < -0.4 is 15.4 Å². The molecule has 1 fully saturated rings. The molecule has 6 heteroatoms. The summed E-state index contributed by atoms with van der Waals surface area (Å²) in [7, 11) is 1.64. The van der Waals surface area contributed by atoms with Crippen molar-refractivity contribution in [1.82, 2.24) is 9.97 Å². The highest BCUT2D eigenvalue weighted by molar-refractivity contribution is 5.67. The Kier molecular flexibility index (Phi) is 3.87. The number of benzene rings is 1. The maximum absolute atomic E-state index is 6.02. The minimum atomic E-state index is 0.587. The van der Waals surface area contributed by atoms with Crippen molar-refractivity contribution in [3.8, 4) is 17.1 Å². The zero-order chi connectivity index (χ0) is 14.7. The van der Waals surface area contributed by atoms with E-state index in [1.165, 1.54) is 0 Å². The summed E-state index contributed by atoms with van der Waals surface area (Å²) in [5.74, 6) is 2.19. The number of nitrogens with two attached hydrogens (primary N) is 1. The van der Waals surface area contributed by atoms with Crippen LogP contribution in [0.1, 0.15) is 0 Å². The first-order valence-corrected chi connectivity index (χ1v) is 6.87. The van der Waals surface area contributed by atoms with E-state index < -0.39 is 0 Å². The van der Waals surface area contributed by atoms with Crippen LogP contribution in [0.5, 0.6) is 5.75 Å². The van der Waals surface area contributed by atoms with E-state index in [1.54, 1.807) is 13.3 Å². The molecule has 0 spiro atoms. The van der Waals surface area contributed by atoms with Gasteiger partial charge in [-0.25, -0.2) is 9.97 Å². The van der Waals surface area contributed by atoms with Crippen molar-refractivity contribution in [3.05, 3.63) is 30.5 Å². The third-order valence-corrected chi connectivity index (χ3v) is 3.43. The lowest BCUT2D eigenvalue weighted by atomic mass is 10.2. The van der Waals surface area contributed by atoms with Crippen LogP contribution in [0.25, 0.3) is 11.4 Å². The lowest BCUT2D eigenvalue weighted by molar-refractivity contribution is 0.122. The molecule has 1 aliphatic rings. The highest BCUT2D eigenvalue weighted by atomic mass is 16.5. The largest absolute Gasteiger partial charge is 0.497 e. The molecule has 0 saturated carbocycles. The van der Waals surface area contributed by atoms with Crippen molar-refractivity contribution < 1.29 is 9.47 Å². The normalized spacial score (nSPS) is 15.0. The van der Waals surface area contributed by atoms with Crippen LogP contribution in [0.2, 0.25) is 0 Å². The molecule has 1 aliphatic heterocycles. The van der Waals surface area contributed by atoms with Gasteiger partial charge in [0.1, 0.15) is 5.75 Å². The molecule has 1 aromatic carbocycles. The minimum absolute atomic E-state index is 0.587. The Labute approximate surface area is 123 Å². The Morgan fingerprint density at radius 1 is 1.29 bits per heavy atom. The molecule has 2 N–H and O–H groups in total. The summed E-state index contributed by atoms with van der Waals surface area (Å²) in [4.78, 5) is 11.1. The molecule has 1 aromatic heterocycles. The van der Waals surface area contributed by atoms with E-state index in [0.717, 1.165) is 30.2 Å². The van der Waals surface area contributed by atoms with Crippen LogP contribution in [0.15, 0.2) is 30.5 Å². The molecule has 0 unspecified atom stereocenters. The highest BCUT2D eigenvalue weighted by Crippen LogP contribution is 2.26. The first-order valence-electron chi connectivity index (χ1n) is 6.87. The molecule has 1 saturated heterocycles. The lowest BCUT2D eigenvalue weighted by Crippen LogP contribution is -2.37. The predicted octanol–water partition coefficient (Wildman–Crippen LogP) is 1.57. The summed E-state index contributed by atoms with van der Waals surface area (Å²) in [6.45, 7) is 2.97. The van der Waals surface area contributed by atoms with Crippen molar-refractivity contribution in [2.75, 3.05) is 44.0 Å². The van der Waals surface area contributed by atoms with Crippen LogP contribution in [-0.2, 0) is 4.74 Å². The van der Waals surface area contributed by atoms with Gasteiger partial charge < -0.3 is 20.1 Å². The summed E-state index contributed by atoms with van der Waals surface area (Å²) in [6.07, 6.45) is 1.66. The van der Waals surface area contributed by atoms with Crippen molar-refractivity contribution >= 4 is 11.5 Å². The highest BCUT2D eigenvalue weighted by Gasteiger charge is 2.16. The maximum Gasteiger partial charge on any atom is 0.161 e. The third-order valence-electron chi connectivity index (χ3n) is 3.43. The first kappa shape index (κ1) is 13.6. The Hall–Kier alpha value is -2.34. The van der Waals surface area contributed by atoms with Gasteiger partial charge in [-0.05, 0) is 12.1 Å². The van der Waals surface area contributed by atoms with Crippen molar-refractivity contribution in [2.45, 2.75) is 0 Å². The van der Waals surface area contributed by atoms with Gasteiger partial charge in [0.05, 0.1) is 32.2 Å². The standard InChI is InChI=1S/C15H18N4O2/c1-20-12-4-2-3-11(9-12)14-17-10-13(16)15(18-14)19-5-7-21-8-6-19/h2-4,9-10H,5-8,16H2,1H3. The van der Waals surface area contributed by atoms with Crippen LogP contribution in [0.4, 0.5) is 11.5 Å². The van der Waals surface area contributed by atoms with E-state index in [4.69, 9.17) is 15.2 Å². The minimum Gasteiger partial charge on any atom is -0.497 e. The molecule has 2 aromatic rings. The predicted molar refractivity (Wildman–Crippen MR) is 81.5 cm³/mol. The average molecular weight is 286 g/mol. The fourth-order valence-electron chi connectivity index (χ4n) is 2.31. The molecule has 0 bridgehead atoms. The van der Waals surface area contributed by atoms with Gasteiger partial charge in [0.2, 0.25) is 0 Å². The molecule has 0 radical (unpaired) electrons. The summed E-state index contributed by atoms with van der Waals surface area (Å²) in [6, 6.07) is 7.68. The van der Waals surface area contributed by atoms with Gasteiger partial charge in [-0.2, -0.15) is 0 Å². The Balaban J connectivity index is 1.96. The Bertz CT molecular complexity index is 627. The number of hydrogen-bond donors (Lipinski definition) is 1. The fraction of sp³-hybridized carbons (Fsp3) is 0.333. The number of anilines is 2. The summed E-state index contributed by atoms with van der Waals surface area (Å²) in [5, 5.41) is 0. The van der Waals surface area contributed by atoms with E-state index in [0.29, 0.717) is 24.7 Å². The second-order valence-corrected chi connectivity index (χ2v) is 4.80. The Morgan fingerprint density at radius 2 is 2.10 bits per heavy atom. The SMILES string of the molecule is COc1cccc(-c2ncc(N)c(N3CCOCC3)n2)c1. The zero-order valence-electron chi connectivity index (χ0n) is 12.0. The zero-order valence-corrected chi connectivity index (χ0v) is 12.0. The van der Waals surface area contributed by atoms with Crippen LogP contribution >= 0.6 is 0 Å². The van der Waals surface area contributed by atoms with Gasteiger partial charge in [-0.1, -0.05) is 12.1 Å². The fourth-order valence-corrected chi connectivity index (χ4v) is 2.31. The van der Waals surface area contributed by atoms with Crippen molar-refractivity contribution in [1.29, 1.82) is 0 Å². The van der Waals surface area contributed by atoms with E-state index in [2.05, 4.69) is 14.9 Å². The summed E-state index contributed by atoms with van der Waals surface area (Å²) >= 11 is 0. The van der Waals surface area contributed by atoms with Crippen LogP contribution in [0.3, 0.4) is 0 Å². The van der Waals surface area contributed by atoms with Crippen LogP contribution in [-0.4, -0.2) is 43.4 Å². The van der Waals surface area contributed by atoms with Gasteiger partial charge in [0.25, 0.3) is 0 Å². The summed E-state index contributed by atoms with van der Waals surface area (Å²) in [5.41, 5.74) is 7.52. The van der Waals surface area contributed by atoms with Gasteiger partial charge in [0, 0.05) is 18.7 Å². The van der Waals surface area contributed by atoms with Gasteiger partial charge >= 0.3 is 0 Å². The average Bonchev–Trinajstić information content (AvgIpc) is 2.56. The quantitative estimate of drug-likeness (QED) is 0.923. The first-order chi connectivity index (χ1) is 10.3. The molecule has 2 heterocycles. The second kappa shape index (κ2) is 5.97. The molecule has 3 rings (SSSR count). The number of hydrogen-bond acceptors (Lipinski definition) is 6. The van der Waals surface area contributed by atoms with E-state index in [1.807, 2.05) is 24.3 Å². The lowest BCUT2D eigenvalue weighted by Gasteiger charge is -2.28. The second-order valence-electron chi connectivity index (χ2n) is 4.80. The van der Waals surface area contributed by atoms with Crippen molar-refractivity contribution in [2.24, 2.45) is 0 Å². The molecule has 0 aliphatic carbocycles. The van der Waals surface area contributed by atoms with E-state index in [-0.39, 0.29) is 0 Å². The van der Waals surface area contributed by atoms with E-state index >= 15 is 0 Å². The maximum atomic E-state index is 6.02. The molecule has 6 nitrogen and oxygen atoms in total. The monoisotopic (exact) mass is 286 g/mol. The van der Waals surface area contributed by atoms with Gasteiger partial charge in [-0.3, -0.25) is 0 Å². The number of nitrogens with zero attached hydrogens (tertiary/aromatic N) is 3. The van der Waals surface area contributed by atoms with E-state index in [9.17, 15) is 0 Å². The molecule has 0 amide bonds. The number of methoxy groups -OCH3 is 1. The Morgan fingerprint density at radius 3 is 2.86 bits per heavy atom. The molecular weight excluding hydrogens is 268 g/mol. The topological polar surface area (TPSA) is 73.5 Å². The van der Waals surface area contributed by atoms with Gasteiger partial charge in [0.15, 0.2) is 11.6 Å². The molecule has 110 valence electrons. The number of rotatable bonds is 3. The van der Waals surface area contributed by atoms with Crippen molar-refractivity contribution in [3.63, 3.8) is 0 Å². The number of ether oxygens (including phenoxy) is 2. The van der Waals surface area contributed by atoms with Crippen LogP contribution in [0, 0.1) is 0 Å². The number of aromatic nitrogens is 2. The molecule has 0 atom stereocenters. The number of nitrogen functional groups attached to an aromatic ring is 1. The third kappa shape index (κ3) is 2.90.